The third-order valence-electron chi connectivity index (χ3n) is 9.13. The van der Waals surface area contributed by atoms with E-state index in [1.807, 2.05) is 45.0 Å². The van der Waals surface area contributed by atoms with E-state index in [2.05, 4.69) is 6.92 Å². The third kappa shape index (κ3) is 5.97. The number of nitrogens with zero attached hydrogens (tertiary/aromatic N) is 6. The summed E-state index contributed by atoms with van der Waals surface area (Å²) >= 11 is 4.19. The maximum absolute atomic E-state index is 14.7. The van der Waals surface area contributed by atoms with Crippen LogP contribution < -0.4 is 29.9 Å². The van der Waals surface area contributed by atoms with Crippen molar-refractivity contribution in [2.24, 2.45) is 11.8 Å². The Bertz CT molecular complexity index is 2740. The second kappa shape index (κ2) is 14.5. The average molecular weight is 753 g/mol. The molecule has 0 saturated carbocycles. The van der Waals surface area contributed by atoms with Gasteiger partial charge in [-0.15, -0.1) is 45.3 Å². The summed E-state index contributed by atoms with van der Waals surface area (Å²) in [7, 11) is 0. The number of nitriles is 4. The summed E-state index contributed by atoms with van der Waals surface area (Å²) in [5.41, 5.74) is -2.64. The van der Waals surface area contributed by atoms with Gasteiger partial charge in [0.1, 0.15) is 32.0 Å². The van der Waals surface area contributed by atoms with Crippen LogP contribution in [0.1, 0.15) is 72.6 Å². The number of unbranched alkanes of at least 4 members (excludes halogenated alkanes) is 5. The van der Waals surface area contributed by atoms with Crippen molar-refractivity contribution in [1.29, 1.82) is 21.0 Å². The van der Waals surface area contributed by atoms with E-state index >= 15 is 0 Å². The van der Waals surface area contributed by atoms with Crippen LogP contribution in [0.2, 0.25) is 0 Å². The minimum Gasteiger partial charge on any atom is -0.274 e. The fourth-order valence-corrected chi connectivity index (χ4v) is 12.1. The molecule has 0 N–H and O–H groups in total. The van der Waals surface area contributed by atoms with Gasteiger partial charge in [0.05, 0.1) is 40.3 Å². The molecule has 0 amide bonds. The Balaban J connectivity index is 1.84. The summed E-state index contributed by atoms with van der Waals surface area (Å²) in [4.78, 5) is 58.2. The molecule has 6 aromatic rings. The molecule has 2 aromatic carbocycles. The third-order valence-corrected chi connectivity index (χ3v) is 14.4. The minimum absolute atomic E-state index is 0.0186. The van der Waals surface area contributed by atoms with Crippen molar-refractivity contribution in [3.05, 3.63) is 49.1 Å². The Morgan fingerprint density at radius 3 is 1.25 bits per heavy atom. The van der Waals surface area contributed by atoms with Gasteiger partial charge in [0, 0.05) is 23.9 Å². The molecule has 0 fully saturated rings. The zero-order chi connectivity index (χ0) is 36.7. The average Bonchev–Trinajstić information content (AvgIpc) is 3.73. The van der Waals surface area contributed by atoms with Gasteiger partial charge < -0.3 is 0 Å². The van der Waals surface area contributed by atoms with Crippen LogP contribution in [-0.2, 0) is 13.1 Å². The lowest BCUT2D eigenvalue weighted by Crippen LogP contribution is -2.37. The number of benzene rings is 2. The first-order valence-corrected chi connectivity index (χ1v) is 20.1. The second-order valence-corrected chi connectivity index (χ2v) is 17.8. The Morgan fingerprint density at radius 1 is 0.549 bits per heavy atom. The highest BCUT2D eigenvalue weighted by Gasteiger charge is 2.30. The lowest BCUT2D eigenvalue weighted by atomic mass is 9.95. The van der Waals surface area contributed by atoms with Crippen molar-refractivity contribution in [3.63, 3.8) is 0 Å². The molecule has 1 atom stereocenters. The second-order valence-electron chi connectivity index (χ2n) is 13.2. The molecule has 1 unspecified atom stereocenters. The van der Waals surface area contributed by atoms with Gasteiger partial charge in [-0.3, -0.25) is 28.3 Å². The predicted molar refractivity (Wildman–Crippen MR) is 208 cm³/mol. The SMILES string of the molecule is CCCCCCCCC(C)Cn1c(=O)c2c3sc(=C(C#N)C#N)sc3c3c(=O)n(CC(C)C)c(=O)c4c5sc(=C(C#N)C#N)sc5c(c1=O)c2c34. The van der Waals surface area contributed by atoms with Crippen LogP contribution in [0.3, 0.4) is 0 Å². The Morgan fingerprint density at radius 2 is 0.902 bits per heavy atom. The largest absolute Gasteiger partial charge is 0.274 e. The molecule has 4 aromatic heterocycles. The van der Waals surface area contributed by atoms with Gasteiger partial charge in [0.15, 0.2) is 11.1 Å². The summed E-state index contributed by atoms with van der Waals surface area (Å²) in [5, 5.41) is 40.1. The van der Waals surface area contributed by atoms with Crippen LogP contribution in [0.25, 0.3) is 62.3 Å². The van der Waals surface area contributed by atoms with E-state index in [0.717, 1.165) is 82.0 Å². The fraction of sp³-hybridized carbons (Fsp3) is 0.405. The molecule has 51 heavy (non-hydrogen) atoms. The number of aromatic nitrogens is 2. The molecule has 10 nitrogen and oxygen atoms in total. The van der Waals surface area contributed by atoms with Crippen LogP contribution >= 0.6 is 45.3 Å². The van der Waals surface area contributed by atoms with Gasteiger partial charge in [-0.1, -0.05) is 66.2 Å². The minimum atomic E-state index is -0.587. The first-order chi connectivity index (χ1) is 24.5. The predicted octanol–water partition coefficient (Wildman–Crippen LogP) is 6.62. The van der Waals surface area contributed by atoms with E-state index in [0.29, 0.717) is 26.5 Å². The Hall–Kier alpha value is -4.70. The molecule has 0 saturated heterocycles. The van der Waals surface area contributed by atoms with Gasteiger partial charge >= 0.3 is 0 Å². The number of rotatable bonds is 11. The lowest BCUT2D eigenvalue weighted by molar-refractivity contribution is 0.416. The number of fused-ring (bicyclic) bond motifs is 6. The normalized spacial score (nSPS) is 12.2. The topological polar surface area (TPSA) is 173 Å². The van der Waals surface area contributed by atoms with Crippen LogP contribution in [0.15, 0.2) is 19.2 Å². The molecule has 6 rings (SSSR count). The standard InChI is InChI=1S/C37H32N6O4S4/c1-5-6-7-8-9-10-11-19(4)17-43-34(46)26-23-22-24(28-30(26)50-36(48-28)20(12-38)13-39)32(44)42(16-18(2)3)33(45)25(22)29-31(27(23)35(43)47)51-37(49-29)21(14-40)15-41/h18-19H,5-11,16-17H2,1-4H3. The molecular formula is C37H32N6O4S4. The highest BCUT2D eigenvalue weighted by Crippen LogP contribution is 2.44. The zero-order valence-electron chi connectivity index (χ0n) is 28.5. The summed E-state index contributed by atoms with van der Waals surface area (Å²) in [6, 6.07) is 7.66. The summed E-state index contributed by atoms with van der Waals surface area (Å²) in [6.45, 7) is 8.17. The molecule has 0 spiro atoms. The Kier molecular flexibility index (Phi) is 10.3. The van der Waals surface area contributed by atoms with Crippen LogP contribution in [-0.4, -0.2) is 9.13 Å². The Labute approximate surface area is 307 Å². The molecular weight excluding hydrogens is 721 g/mol. The van der Waals surface area contributed by atoms with E-state index < -0.39 is 22.2 Å². The molecule has 0 aliphatic heterocycles. The maximum Gasteiger partial charge on any atom is 0.262 e. The number of hydrogen-bond donors (Lipinski definition) is 0. The first-order valence-electron chi connectivity index (χ1n) is 16.8. The molecule has 4 heterocycles. The van der Waals surface area contributed by atoms with Gasteiger partial charge in [-0.2, -0.15) is 21.0 Å². The van der Waals surface area contributed by atoms with Crippen molar-refractivity contribution in [2.45, 2.75) is 85.7 Å². The van der Waals surface area contributed by atoms with Crippen LogP contribution in [0, 0.1) is 57.2 Å². The molecule has 0 aliphatic rings. The van der Waals surface area contributed by atoms with Gasteiger partial charge in [-0.25, -0.2) is 0 Å². The molecule has 0 bridgehead atoms. The van der Waals surface area contributed by atoms with Gasteiger partial charge in [0.2, 0.25) is 0 Å². The number of hydrogen-bond acceptors (Lipinski definition) is 12. The first kappa shape index (κ1) is 36.1. The van der Waals surface area contributed by atoms with Crippen LogP contribution in [0.5, 0.6) is 0 Å². The highest BCUT2D eigenvalue weighted by molar-refractivity contribution is 7.38. The molecule has 0 aliphatic carbocycles. The molecule has 14 heteroatoms. The van der Waals surface area contributed by atoms with E-state index in [4.69, 9.17) is 0 Å². The van der Waals surface area contributed by atoms with Crippen molar-refractivity contribution in [3.8, 4) is 24.3 Å². The van der Waals surface area contributed by atoms with Crippen molar-refractivity contribution < 1.29 is 0 Å². The van der Waals surface area contributed by atoms with Crippen molar-refractivity contribution in [1.82, 2.24) is 9.13 Å². The van der Waals surface area contributed by atoms with Crippen molar-refractivity contribution in [2.75, 3.05) is 0 Å². The molecule has 258 valence electrons. The summed E-state index contributed by atoms with van der Waals surface area (Å²) in [6.07, 6.45) is 7.47. The monoisotopic (exact) mass is 752 g/mol. The fourth-order valence-electron chi connectivity index (χ4n) is 6.81. The number of pyridine rings is 2. The summed E-state index contributed by atoms with van der Waals surface area (Å²) in [5.74, 6) is -0.110. The van der Waals surface area contributed by atoms with E-state index in [9.17, 15) is 40.2 Å². The molecule has 0 radical (unpaired) electrons. The lowest BCUT2D eigenvalue weighted by Gasteiger charge is -2.18. The van der Waals surface area contributed by atoms with Gasteiger partial charge in [0.25, 0.3) is 22.2 Å². The van der Waals surface area contributed by atoms with E-state index in [-0.39, 0.29) is 68.4 Å². The zero-order valence-corrected chi connectivity index (χ0v) is 31.7. The quantitative estimate of drug-likeness (QED) is 0.105. The van der Waals surface area contributed by atoms with Gasteiger partial charge in [-0.05, 0) is 18.3 Å². The smallest absolute Gasteiger partial charge is 0.262 e. The van der Waals surface area contributed by atoms with Crippen LogP contribution in [0.4, 0.5) is 0 Å². The van der Waals surface area contributed by atoms with Crippen molar-refractivity contribution >= 4 is 108 Å². The summed E-state index contributed by atoms with van der Waals surface area (Å²) < 4.78 is 4.48. The van der Waals surface area contributed by atoms with E-state index in [1.54, 1.807) is 0 Å². The highest BCUT2D eigenvalue weighted by atomic mass is 32.2. The van der Waals surface area contributed by atoms with E-state index in [1.165, 1.54) is 17.4 Å². The maximum atomic E-state index is 14.7.